The number of rotatable bonds is 4. The number of fused-ring (bicyclic) bond motifs is 3. The molecule has 1 N–H and O–H groups in total. The largest absolute Gasteiger partial charge is 0.365 e. The maximum Gasteiger partial charge on any atom is 0.186 e. The van der Waals surface area contributed by atoms with Crippen LogP contribution in [0.3, 0.4) is 0 Å². The van der Waals surface area contributed by atoms with Gasteiger partial charge in [0.2, 0.25) is 0 Å². The Morgan fingerprint density at radius 2 is 1.79 bits per heavy atom. The van der Waals surface area contributed by atoms with Gasteiger partial charge in [0, 0.05) is 22.0 Å². The van der Waals surface area contributed by atoms with Gasteiger partial charge >= 0.3 is 0 Å². The van der Waals surface area contributed by atoms with Crippen LogP contribution in [-0.2, 0) is 6.54 Å². The molecule has 0 radical (unpaired) electrons. The summed E-state index contributed by atoms with van der Waals surface area (Å²) < 4.78 is 2.80. The van der Waals surface area contributed by atoms with Crippen LogP contribution in [0.5, 0.6) is 0 Å². The Morgan fingerprint density at radius 1 is 0.966 bits per heavy atom. The normalized spacial score (nSPS) is 11.2. The van der Waals surface area contributed by atoms with Gasteiger partial charge in [0.1, 0.15) is 11.5 Å². The number of hydrogen-bond donors (Lipinski definition) is 1. The molecular weight excluding hydrogens is 426 g/mol. The number of benzene rings is 3. The highest BCUT2D eigenvalue weighted by Gasteiger charge is 2.15. The van der Waals surface area contributed by atoms with Crippen LogP contribution in [0.4, 0.5) is 5.82 Å². The molecule has 6 heteroatoms. The van der Waals surface area contributed by atoms with Crippen molar-refractivity contribution in [2.45, 2.75) is 13.5 Å². The van der Waals surface area contributed by atoms with Crippen molar-refractivity contribution in [2.75, 3.05) is 5.32 Å². The van der Waals surface area contributed by atoms with E-state index in [4.69, 9.17) is 4.98 Å². The lowest BCUT2D eigenvalue weighted by molar-refractivity contribution is 0.876. The number of aryl methyl sites for hydroxylation is 1. The molecule has 0 spiro atoms. The van der Waals surface area contributed by atoms with Gasteiger partial charge in [0.25, 0.3) is 0 Å². The number of halogens is 1. The van der Waals surface area contributed by atoms with E-state index in [1.165, 1.54) is 11.1 Å². The summed E-state index contributed by atoms with van der Waals surface area (Å²) in [7, 11) is 0. The fourth-order valence-corrected chi connectivity index (χ4v) is 3.81. The lowest BCUT2D eigenvalue weighted by atomic mass is 10.1. The zero-order valence-electron chi connectivity index (χ0n) is 15.8. The van der Waals surface area contributed by atoms with Crippen LogP contribution < -0.4 is 5.32 Å². The molecule has 0 atom stereocenters. The van der Waals surface area contributed by atoms with E-state index >= 15 is 0 Å². The van der Waals surface area contributed by atoms with Crippen molar-refractivity contribution >= 4 is 38.3 Å². The first-order valence-corrected chi connectivity index (χ1v) is 10.2. The Labute approximate surface area is 176 Å². The average Bonchev–Trinajstić information content (AvgIpc) is 3.17. The maximum absolute atomic E-state index is 4.91. The molecule has 142 valence electrons. The van der Waals surface area contributed by atoms with Crippen LogP contribution in [-0.4, -0.2) is 19.8 Å². The minimum absolute atomic E-state index is 0.696. The fraction of sp³-hybridized carbons (Fsp3) is 0.0870. The highest BCUT2D eigenvalue weighted by Crippen LogP contribution is 2.29. The van der Waals surface area contributed by atoms with Crippen molar-refractivity contribution < 1.29 is 0 Å². The van der Waals surface area contributed by atoms with Crippen molar-refractivity contribution in [1.29, 1.82) is 0 Å². The number of aromatic nitrogens is 4. The Kier molecular flexibility index (Phi) is 4.48. The van der Waals surface area contributed by atoms with Gasteiger partial charge in [-0.05, 0) is 36.8 Å². The number of anilines is 1. The fourth-order valence-electron chi connectivity index (χ4n) is 3.41. The summed E-state index contributed by atoms with van der Waals surface area (Å²) in [6, 6.07) is 24.7. The third kappa shape index (κ3) is 3.36. The second-order valence-electron chi connectivity index (χ2n) is 7.00. The molecule has 0 amide bonds. The van der Waals surface area contributed by atoms with Gasteiger partial charge in [-0.15, -0.1) is 5.10 Å². The Balaban J connectivity index is 1.63. The molecule has 0 bridgehead atoms. The van der Waals surface area contributed by atoms with Crippen LogP contribution in [0.15, 0.2) is 77.3 Å². The SMILES string of the molecule is Cc1ccc(CNc2nc3c(-c4cccc(Br)c4)nnn3c3ccccc23)cc1. The lowest BCUT2D eigenvalue weighted by Gasteiger charge is -2.11. The predicted molar refractivity (Wildman–Crippen MR) is 120 cm³/mol. The van der Waals surface area contributed by atoms with E-state index in [1.54, 1.807) is 0 Å². The van der Waals surface area contributed by atoms with E-state index in [2.05, 4.69) is 68.8 Å². The zero-order chi connectivity index (χ0) is 19.8. The minimum atomic E-state index is 0.696. The quantitative estimate of drug-likeness (QED) is 0.391. The van der Waals surface area contributed by atoms with E-state index < -0.39 is 0 Å². The summed E-state index contributed by atoms with van der Waals surface area (Å²) in [6.45, 7) is 2.79. The van der Waals surface area contributed by atoms with Gasteiger partial charge in [-0.1, -0.05) is 75.2 Å². The van der Waals surface area contributed by atoms with Crippen LogP contribution in [0, 0.1) is 6.92 Å². The number of nitrogens with one attached hydrogen (secondary N) is 1. The first-order chi connectivity index (χ1) is 14.2. The Morgan fingerprint density at radius 3 is 2.62 bits per heavy atom. The molecule has 5 rings (SSSR count). The monoisotopic (exact) mass is 443 g/mol. The van der Waals surface area contributed by atoms with Gasteiger partial charge in [0.05, 0.1) is 5.52 Å². The summed E-state index contributed by atoms with van der Waals surface area (Å²) in [5.74, 6) is 0.826. The van der Waals surface area contributed by atoms with Gasteiger partial charge in [-0.25, -0.2) is 4.98 Å². The Bertz CT molecular complexity index is 1320. The summed E-state index contributed by atoms with van der Waals surface area (Å²) in [5, 5.41) is 13.3. The first-order valence-electron chi connectivity index (χ1n) is 9.38. The van der Waals surface area contributed by atoms with Crippen LogP contribution in [0.25, 0.3) is 27.8 Å². The van der Waals surface area contributed by atoms with Crippen molar-refractivity contribution in [3.05, 3.63) is 88.4 Å². The molecule has 2 heterocycles. The van der Waals surface area contributed by atoms with Gasteiger partial charge < -0.3 is 5.32 Å². The molecule has 5 nitrogen and oxygen atoms in total. The molecule has 0 saturated carbocycles. The van der Waals surface area contributed by atoms with Crippen LogP contribution >= 0.6 is 15.9 Å². The molecule has 5 aromatic rings. The molecule has 0 aliphatic rings. The third-order valence-electron chi connectivity index (χ3n) is 4.93. The predicted octanol–water partition coefficient (Wildman–Crippen LogP) is 5.63. The topological polar surface area (TPSA) is 55.1 Å². The number of hydrogen-bond acceptors (Lipinski definition) is 4. The zero-order valence-corrected chi connectivity index (χ0v) is 17.4. The second-order valence-corrected chi connectivity index (χ2v) is 7.92. The van der Waals surface area contributed by atoms with Gasteiger partial charge in [-0.3, -0.25) is 0 Å². The van der Waals surface area contributed by atoms with E-state index in [-0.39, 0.29) is 0 Å². The molecule has 0 aliphatic carbocycles. The summed E-state index contributed by atoms with van der Waals surface area (Å²) in [5.41, 5.74) is 5.89. The average molecular weight is 444 g/mol. The van der Waals surface area contributed by atoms with Crippen LogP contribution in [0.2, 0.25) is 0 Å². The second kappa shape index (κ2) is 7.29. The van der Waals surface area contributed by atoms with Crippen LogP contribution in [0.1, 0.15) is 11.1 Å². The molecule has 0 fully saturated rings. The molecule has 0 saturated heterocycles. The molecule has 29 heavy (non-hydrogen) atoms. The Hall–Kier alpha value is -3.25. The van der Waals surface area contributed by atoms with Gasteiger partial charge in [-0.2, -0.15) is 4.52 Å². The minimum Gasteiger partial charge on any atom is -0.365 e. The van der Waals surface area contributed by atoms with E-state index in [1.807, 2.05) is 47.0 Å². The first kappa shape index (κ1) is 17.8. The van der Waals surface area contributed by atoms with Crippen molar-refractivity contribution in [3.8, 4) is 11.3 Å². The highest BCUT2D eigenvalue weighted by molar-refractivity contribution is 9.10. The number of nitrogens with zero attached hydrogens (tertiary/aromatic N) is 4. The molecule has 2 aromatic heterocycles. The molecule has 3 aromatic carbocycles. The number of para-hydroxylation sites is 1. The van der Waals surface area contributed by atoms with Crippen molar-refractivity contribution in [3.63, 3.8) is 0 Å². The van der Waals surface area contributed by atoms with E-state index in [0.717, 1.165) is 38.1 Å². The van der Waals surface area contributed by atoms with E-state index in [0.29, 0.717) is 6.54 Å². The van der Waals surface area contributed by atoms with Gasteiger partial charge in [0.15, 0.2) is 5.65 Å². The maximum atomic E-state index is 4.91. The lowest BCUT2D eigenvalue weighted by Crippen LogP contribution is -2.05. The van der Waals surface area contributed by atoms with Crippen molar-refractivity contribution in [1.82, 2.24) is 19.8 Å². The summed E-state index contributed by atoms with van der Waals surface area (Å²) in [4.78, 5) is 4.91. The third-order valence-corrected chi connectivity index (χ3v) is 5.42. The molecule has 0 unspecified atom stereocenters. The van der Waals surface area contributed by atoms with E-state index in [9.17, 15) is 0 Å². The molecular formula is C23H18BrN5. The summed E-state index contributed by atoms with van der Waals surface area (Å²) in [6.07, 6.45) is 0. The highest BCUT2D eigenvalue weighted by atomic mass is 79.9. The standard InChI is InChI=1S/C23H18BrN5/c1-15-9-11-16(12-10-15)14-25-22-19-7-2-3-8-20(19)29-23(26-22)21(27-28-29)17-5-4-6-18(24)13-17/h2-13H,14H2,1H3,(H,25,26). The summed E-state index contributed by atoms with van der Waals surface area (Å²) >= 11 is 3.53. The molecule has 0 aliphatic heterocycles. The van der Waals surface area contributed by atoms with Crippen molar-refractivity contribution in [2.24, 2.45) is 0 Å². The smallest absolute Gasteiger partial charge is 0.186 e.